The smallest absolute Gasteiger partial charge is 0.141 e. The van der Waals surface area contributed by atoms with E-state index in [9.17, 15) is 0 Å². The van der Waals surface area contributed by atoms with Crippen LogP contribution in [0.2, 0.25) is 0 Å². The van der Waals surface area contributed by atoms with Gasteiger partial charge in [-0.05, 0) is 18.2 Å². The van der Waals surface area contributed by atoms with Gasteiger partial charge in [0, 0.05) is 5.56 Å². The lowest BCUT2D eigenvalue weighted by Gasteiger charge is -2.06. The van der Waals surface area contributed by atoms with Gasteiger partial charge in [0.15, 0.2) is 0 Å². The third-order valence-electron chi connectivity index (χ3n) is 1.79. The van der Waals surface area contributed by atoms with Gasteiger partial charge in [0.25, 0.3) is 0 Å². The topological polar surface area (TPSA) is 99.6 Å². The fraction of sp³-hybridized carbons (Fsp3) is 0.222. The Morgan fingerprint density at radius 3 is 2.71 bits per heavy atom. The molecule has 1 aromatic rings. The summed E-state index contributed by atoms with van der Waals surface area (Å²) in [7, 11) is 1.56. The predicted molar refractivity (Wildman–Crippen MR) is 57.2 cm³/mol. The lowest BCUT2D eigenvalue weighted by Crippen LogP contribution is -2.16. The lowest BCUT2D eigenvalue weighted by atomic mass is 10.2. The van der Waals surface area contributed by atoms with E-state index in [1.165, 1.54) is 0 Å². The van der Waals surface area contributed by atoms with Crippen LogP contribution in [0.15, 0.2) is 23.2 Å². The normalized spacial score (nSPS) is 11.4. The second-order valence-electron chi connectivity index (χ2n) is 2.68. The quantitative estimate of drug-likeness (QED) is 0.355. The number of nitrogens with two attached hydrogens (primary N) is 3. The number of amidine groups is 1. The van der Waals surface area contributed by atoms with E-state index < -0.39 is 0 Å². The van der Waals surface area contributed by atoms with Crippen LogP contribution in [0.4, 0.5) is 5.69 Å². The number of hydrogen-bond acceptors (Lipinski definition) is 4. The fourth-order valence-electron chi connectivity index (χ4n) is 1.08. The summed E-state index contributed by atoms with van der Waals surface area (Å²) in [5, 5.41) is 0. The zero-order valence-corrected chi connectivity index (χ0v) is 8.03. The van der Waals surface area contributed by atoms with Crippen LogP contribution in [-0.2, 0) is 0 Å². The van der Waals surface area contributed by atoms with Gasteiger partial charge in [-0.1, -0.05) is 0 Å². The number of rotatable bonds is 3. The average molecular weight is 194 g/mol. The van der Waals surface area contributed by atoms with Gasteiger partial charge in [-0.15, -0.1) is 0 Å². The molecule has 0 aliphatic heterocycles. The van der Waals surface area contributed by atoms with E-state index in [-0.39, 0.29) is 6.67 Å². The van der Waals surface area contributed by atoms with E-state index in [0.717, 1.165) is 5.56 Å². The number of hydrogen-bond donors (Lipinski definition) is 3. The summed E-state index contributed by atoms with van der Waals surface area (Å²) >= 11 is 0. The minimum atomic E-state index is 0.164. The van der Waals surface area contributed by atoms with Crippen molar-refractivity contribution in [2.75, 3.05) is 19.5 Å². The molecule has 0 unspecified atom stereocenters. The van der Waals surface area contributed by atoms with Crippen LogP contribution in [0.25, 0.3) is 0 Å². The second kappa shape index (κ2) is 4.48. The molecule has 0 bridgehead atoms. The zero-order chi connectivity index (χ0) is 10.6. The largest absolute Gasteiger partial charge is 0.495 e. The number of benzene rings is 1. The minimum Gasteiger partial charge on any atom is -0.495 e. The lowest BCUT2D eigenvalue weighted by molar-refractivity contribution is 0.417. The van der Waals surface area contributed by atoms with Crippen molar-refractivity contribution >= 4 is 11.5 Å². The number of nitrogen functional groups attached to an aromatic ring is 1. The van der Waals surface area contributed by atoms with Gasteiger partial charge in [-0.2, -0.15) is 0 Å². The van der Waals surface area contributed by atoms with Gasteiger partial charge in [-0.3, -0.25) is 4.99 Å². The molecule has 14 heavy (non-hydrogen) atoms. The Labute approximate surface area is 82.6 Å². The van der Waals surface area contributed by atoms with Crippen molar-refractivity contribution < 1.29 is 4.74 Å². The van der Waals surface area contributed by atoms with Crippen LogP contribution >= 0.6 is 0 Å². The molecule has 0 aliphatic rings. The fourth-order valence-corrected chi connectivity index (χ4v) is 1.08. The first kappa shape index (κ1) is 10.3. The average Bonchev–Trinajstić information content (AvgIpc) is 2.18. The molecular weight excluding hydrogens is 180 g/mol. The molecule has 6 N–H and O–H groups in total. The van der Waals surface area contributed by atoms with Crippen molar-refractivity contribution in [3.8, 4) is 5.75 Å². The van der Waals surface area contributed by atoms with Crippen molar-refractivity contribution in [1.29, 1.82) is 0 Å². The highest BCUT2D eigenvalue weighted by Crippen LogP contribution is 2.21. The summed E-state index contributed by atoms with van der Waals surface area (Å²) in [5.41, 5.74) is 17.8. The molecular formula is C9H14N4O. The molecule has 0 fully saturated rings. The van der Waals surface area contributed by atoms with Gasteiger partial charge in [0.2, 0.25) is 0 Å². The molecule has 76 valence electrons. The highest BCUT2D eigenvalue weighted by atomic mass is 16.5. The van der Waals surface area contributed by atoms with Gasteiger partial charge >= 0.3 is 0 Å². The van der Waals surface area contributed by atoms with Crippen molar-refractivity contribution in [1.82, 2.24) is 0 Å². The summed E-state index contributed by atoms with van der Waals surface area (Å²) in [6.45, 7) is 0.164. The highest BCUT2D eigenvalue weighted by molar-refractivity contribution is 5.98. The third-order valence-corrected chi connectivity index (χ3v) is 1.79. The molecule has 0 saturated heterocycles. The van der Waals surface area contributed by atoms with E-state index in [0.29, 0.717) is 17.3 Å². The monoisotopic (exact) mass is 194 g/mol. The predicted octanol–water partition coefficient (Wildman–Crippen LogP) is -0.101. The molecule has 0 saturated carbocycles. The minimum absolute atomic E-state index is 0.164. The summed E-state index contributed by atoms with van der Waals surface area (Å²) in [6, 6.07) is 5.22. The van der Waals surface area contributed by atoms with Crippen LogP contribution < -0.4 is 21.9 Å². The summed E-state index contributed by atoms with van der Waals surface area (Å²) in [6.07, 6.45) is 0. The van der Waals surface area contributed by atoms with Crippen molar-refractivity contribution in [3.05, 3.63) is 23.8 Å². The van der Waals surface area contributed by atoms with Crippen molar-refractivity contribution in [2.24, 2.45) is 16.5 Å². The Kier molecular flexibility index (Phi) is 3.30. The zero-order valence-electron chi connectivity index (χ0n) is 8.03. The molecule has 0 aliphatic carbocycles. The third kappa shape index (κ3) is 2.14. The van der Waals surface area contributed by atoms with Crippen LogP contribution in [-0.4, -0.2) is 19.6 Å². The maximum Gasteiger partial charge on any atom is 0.141 e. The van der Waals surface area contributed by atoms with Crippen LogP contribution in [0, 0.1) is 0 Å². The first-order valence-corrected chi connectivity index (χ1v) is 4.13. The maximum absolute atomic E-state index is 5.70. The molecule has 5 nitrogen and oxygen atoms in total. The molecule has 0 amide bonds. The highest BCUT2D eigenvalue weighted by Gasteiger charge is 2.02. The SMILES string of the molecule is COc1ccc(C(N)=NCN)cc1N. The molecule has 0 heterocycles. The van der Waals surface area contributed by atoms with E-state index >= 15 is 0 Å². The molecule has 0 atom stereocenters. The maximum atomic E-state index is 5.70. The van der Waals surface area contributed by atoms with Crippen molar-refractivity contribution in [2.45, 2.75) is 0 Å². The number of ether oxygens (including phenoxy) is 1. The molecule has 0 aromatic heterocycles. The Morgan fingerprint density at radius 2 is 2.21 bits per heavy atom. The number of nitrogens with zero attached hydrogens (tertiary/aromatic N) is 1. The van der Waals surface area contributed by atoms with E-state index in [1.54, 1.807) is 25.3 Å². The number of anilines is 1. The van der Waals surface area contributed by atoms with Gasteiger partial charge < -0.3 is 21.9 Å². The molecule has 1 aromatic carbocycles. The summed E-state index contributed by atoms with van der Waals surface area (Å²) in [4.78, 5) is 3.87. The van der Waals surface area contributed by atoms with E-state index in [1.807, 2.05) is 0 Å². The van der Waals surface area contributed by atoms with Gasteiger partial charge in [0.05, 0.1) is 19.5 Å². The Bertz CT molecular complexity index is 349. The summed E-state index contributed by atoms with van der Waals surface area (Å²) in [5.74, 6) is 0.996. The Morgan fingerprint density at radius 1 is 1.50 bits per heavy atom. The second-order valence-corrected chi connectivity index (χ2v) is 2.68. The Hall–Kier alpha value is -1.75. The number of methoxy groups -OCH3 is 1. The molecule has 0 radical (unpaired) electrons. The molecule has 0 spiro atoms. The number of aliphatic imine (C=N–C) groups is 1. The molecule has 5 heteroatoms. The van der Waals surface area contributed by atoms with Crippen LogP contribution in [0.5, 0.6) is 5.75 Å². The summed E-state index contributed by atoms with van der Waals surface area (Å²) < 4.78 is 5.01. The first-order chi connectivity index (χ1) is 6.69. The van der Waals surface area contributed by atoms with Crippen LogP contribution in [0.1, 0.15) is 5.56 Å². The Balaban J connectivity index is 3.02. The van der Waals surface area contributed by atoms with Gasteiger partial charge in [0.1, 0.15) is 11.6 Å². The van der Waals surface area contributed by atoms with E-state index in [2.05, 4.69) is 4.99 Å². The standard InChI is InChI=1S/C9H14N4O/c1-14-8-3-2-6(4-7(8)11)9(12)13-5-10/h2-4H,5,10-11H2,1H3,(H2,12,13). The van der Waals surface area contributed by atoms with Gasteiger partial charge in [-0.25, -0.2) is 0 Å². The van der Waals surface area contributed by atoms with E-state index in [4.69, 9.17) is 21.9 Å². The molecule has 1 rings (SSSR count). The van der Waals surface area contributed by atoms with Crippen molar-refractivity contribution in [3.63, 3.8) is 0 Å². The van der Waals surface area contributed by atoms with Crippen LogP contribution in [0.3, 0.4) is 0 Å². The first-order valence-electron chi connectivity index (χ1n) is 4.13.